The average Bonchev–Trinajstić information content (AvgIpc) is 2.88. The van der Waals surface area contributed by atoms with Gasteiger partial charge in [0.05, 0.1) is 26.4 Å². The van der Waals surface area contributed by atoms with Gasteiger partial charge in [-0.3, -0.25) is 0 Å². The van der Waals surface area contributed by atoms with Gasteiger partial charge in [-0.15, -0.1) is 0 Å². The molecule has 6 heteroatoms. The summed E-state index contributed by atoms with van der Waals surface area (Å²) in [4.78, 5) is 0. The van der Waals surface area contributed by atoms with Crippen molar-refractivity contribution < 1.29 is 29.5 Å². The zero-order valence-corrected chi connectivity index (χ0v) is 10.4. The van der Waals surface area contributed by atoms with Crippen LogP contribution in [0.15, 0.2) is 18.2 Å². The summed E-state index contributed by atoms with van der Waals surface area (Å²) < 4.78 is 15.7. The van der Waals surface area contributed by atoms with E-state index in [1.54, 1.807) is 12.1 Å². The van der Waals surface area contributed by atoms with Gasteiger partial charge in [0.2, 0.25) is 0 Å². The number of aromatic hydroxyl groups is 1. The van der Waals surface area contributed by atoms with Gasteiger partial charge in [-0.2, -0.15) is 0 Å². The van der Waals surface area contributed by atoms with E-state index in [0.717, 1.165) is 5.56 Å². The van der Waals surface area contributed by atoms with E-state index in [0.29, 0.717) is 5.75 Å². The molecule has 3 N–H and O–H groups in total. The second kappa shape index (κ2) is 4.35. The number of benzene rings is 1. The third kappa shape index (κ3) is 1.80. The molecule has 0 bridgehead atoms. The van der Waals surface area contributed by atoms with Gasteiger partial charge in [0.1, 0.15) is 5.60 Å². The molecular formula is C13H16O6. The highest BCUT2D eigenvalue weighted by atomic mass is 16.6. The Morgan fingerprint density at radius 2 is 2.16 bits per heavy atom. The Bertz CT molecular complexity index is 490. The minimum absolute atomic E-state index is 0.0205. The molecule has 2 fully saturated rings. The molecule has 2 saturated heterocycles. The molecule has 2 aliphatic heterocycles. The van der Waals surface area contributed by atoms with Crippen LogP contribution >= 0.6 is 0 Å². The Balaban J connectivity index is 1.92. The maximum absolute atomic E-state index is 10.3. The summed E-state index contributed by atoms with van der Waals surface area (Å²) in [6.45, 7) is 0.248. The van der Waals surface area contributed by atoms with E-state index in [1.165, 1.54) is 13.2 Å². The van der Waals surface area contributed by atoms with Gasteiger partial charge >= 0.3 is 0 Å². The molecule has 0 aromatic heterocycles. The lowest BCUT2D eigenvalue weighted by Gasteiger charge is -2.23. The Morgan fingerprint density at radius 1 is 1.37 bits per heavy atom. The number of phenolic OH excluding ortho intramolecular Hbond substituents is 1. The maximum atomic E-state index is 10.3. The van der Waals surface area contributed by atoms with E-state index in [9.17, 15) is 15.3 Å². The standard InChI is InChI=1S/C13H16O6/c1-17-10-4-7(2-3-9(10)14)11-8-5-18-12(15)13(8,16)6-19-11/h2-4,8,11-12,14-16H,5-6H2,1H3/t8-,11-,12+,13-/m1/s1. The summed E-state index contributed by atoms with van der Waals surface area (Å²) in [7, 11) is 1.47. The highest BCUT2D eigenvalue weighted by molar-refractivity contribution is 5.43. The molecule has 1 aromatic rings. The third-order valence-corrected chi connectivity index (χ3v) is 3.90. The normalized spacial score (nSPS) is 37.3. The molecule has 104 valence electrons. The first-order chi connectivity index (χ1) is 9.06. The van der Waals surface area contributed by atoms with Gasteiger partial charge in [0.25, 0.3) is 0 Å². The molecule has 3 rings (SSSR count). The zero-order chi connectivity index (χ0) is 13.6. The zero-order valence-electron chi connectivity index (χ0n) is 10.4. The highest BCUT2D eigenvalue weighted by Crippen LogP contribution is 2.47. The summed E-state index contributed by atoms with van der Waals surface area (Å²) in [5.41, 5.74) is -0.594. The molecule has 0 amide bonds. The van der Waals surface area contributed by atoms with E-state index in [2.05, 4.69) is 0 Å². The van der Waals surface area contributed by atoms with Crippen LogP contribution in [0.5, 0.6) is 11.5 Å². The number of aliphatic hydroxyl groups excluding tert-OH is 1. The second-order valence-corrected chi connectivity index (χ2v) is 4.95. The van der Waals surface area contributed by atoms with Gasteiger partial charge in [0, 0.05) is 5.92 Å². The number of hydrogen-bond acceptors (Lipinski definition) is 6. The number of phenols is 1. The summed E-state index contributed by atoms with van der Waals surface area (Å²) in [5.74, 6) is 0.0509. The predicted octanol–water partition coefficient (Wildman–Crippen LogP) is 0.168. The predicted molar refractivity (Wildman–Crippen MR) is 63.8 cm³/mol. The molecule has 0 radical (unpaired) electrons. The molecule has 0 saturated carbocycles. The van der Waals surface area contributed by atoms with Crippen LogP contribution in [0.25, 0.3) is 0 Å². The van der Waals surface area contributed by atoms with Crippen LogP contribution in [0.4, 0.5) is 0 Å². The number of methoxy groups -OCH3 is 1. The van der Waals surface area contributed by atoms with Crippen LogP contribution < -0.4 is 4.74 Å². The topological polar surface area (TPSA) is 88.4 Å². The monoisotopic (exact) mass is 268 g/mol. The van der Waals surface area contributed by atoms with Crippen molar-refractivity contribution in [3.8, 4) is 11.5 Å². The van der Waals surface area contributed by atoms with E-state index in [-0.39, 0.29) is 24.9 Å². The minimum atomic E-state index is -1.37. The van der Waals surface area contributed by atoms with Gasteiger partial charge in [0.15, 0.2) is 17.8 Å². The van der Waals surface area contributed by atoms with E-state index >= 15 is 0 Å². The van der Waals surface area contributed by atoms with E-state index in [1.807, 2.05) is 0 Å². The van der Waals surface area contributed by atoms with Gasteiger partial charge in [-0.05, 0) is 17.7 Å². The summed E-state index contributed by atoms with van der Waals surface area (Å²) in [6.07, 6.45) is -1.61. The van der Waals surface area contributed by atoms with E-state index < -0.39 is 18.0 Å². The van der Waals surface area contributed by atoms with Crippen LogP contribution in [-0.2, 0) is 9.47 Å². The quantitative estimate of drug-likeness (QED) is 0.708. The van der Waals surface area contributed by atoms with Gasteiger partial charge in [-0.25, -0.2) is 0 Å². The lowest BCUT2D eigenvalue weighted by Crippen LogP contribution is -2.43. The van der Waals surface area contributed by atoms with Crippen LogP contribution in [0.2, 0.25) is 0 Å². The second-order valence-electron chi connectivity index (χ2n) is 4.95. The minimum Gasteiger partial charge on any atom is -0.504 e. The Hall–Kier alpha value is -1.34. The fourth-order valence-electron chi connectivity index (χ4n) is 2.73. The number of rotatable bonds is 2. The van der Waals surface area contributed by atoms with Crippen molar-refractivity contribution in [2.75, 3.05) is 20.3 Å². The fraction of sp³-hybridized carbons (Fsp3) is 0.538. The van der Waals surface area contributed by atoms with Gasteiger partial charge < -0.3 is 29.5 Å². The number of hydrogen-bond donors (Lipinski definition) is 3. The third-order valence-electron chi connectivity index (χ3n) is 3.90. The van der Waals surface area contributed by atoms with E-state index in [4.69, 9.17) is 14.2 Å². The van der Waals surface area contributed by atoms with Crippen molar-refractivity contribution >= 4 is 0 Å². The molecule has 1 aromatic carbocycles. The van der Waals surface area contributed by atoms with Crippen molar-refractivity contribution in [3.05, 3.63) is 23.8 Å². The molecule has 2 aliphatic rings. The van der Waals surface area contributed by atoms with Crippen molar-refractivity contribution in [1.29, 1.82) is 0 Å². The first-order valence-electron chi connectivity index (χ1n) is 6.07. The Kier molecular flexibility index (Phi) is 2.90. The molecule has 0 unspecified atom stereocenters. The summed E-state index contributed by atoms with van der Waals surface area (Å²) >= 11 is 0. The highest BCUT2D eigenvalue weighted by Gasteiger charge is 2.58. The molecule has 0 spiro atoms. The number of fused-ring (bicyclic) bond motifs is 1. The molecule has 6 nitrogen and oxygen atoms in total. The fourth-order valence-corrected chi connectivity index (χ4v) is 2.73. The summed E-state index contributed by atoms with van der Waals surface area (Å²) in [5, 5.41) is 29.6. The molecule has 19 heavy (non-hydrogen) atoms. The van der Waals surface area contributed by atoms with Crippen LogP contribution in [0.3, 0.4) is 0 Å². The lowest BCUT2D eigenvalue weighted by atomic mass is 9.86. The van der Waals surface area contributed by atoms with Crippen molar-refractivity contribution in [3.63, 3.8) is 0 Å². The van der Waals surface area contributed by atoms with Gasteiger partial charge in [-0.1, -0.05) is 6.07 Å². The molecule has 4 atom stereocenters. The molecular weight excluding hydrogens is 252 g/mol. The maximum Gasteiger partial charge on any atom is 0.186 e. The van der Waals surface area contributed by atoms with Crippen molar-refractivity contribution in [2.24, 2.45) is 5.92 Å². The molecule has 2 heterocycles. The number of ether oxygens (including phenoxy) is 3. The summed E-state index contributed by atoms with van der Waals surface area (Å²) in [6, 6.07) is 4.89. The number of aliphatic hydroxyl groups is 2. The first-order valence-corrected chi connectivity index (χ1v) is 6.07. The molecule has 0 aliphatic carbocycles. The Morgan fingerprint density at radius 3 is 2.89 bits per heavy atom. The van der Waals surface area contributed by atoms with Crippen LogP contribution in [0, 0.1) is 5.92 Å². The van der Waals surface area contributed by atoms with Crippen molar-refractivity contribution in [2.45, 2.75) is 18.0 Å². The SMILES string of the molecule is COc1cc([C@H]2OC[C@@]3(O)[C@@H]2CO[C@@H]3O)ccc1O. The van der Waals surface area contributed by atoms with Crippen molar-refractivity contribution in [1.82, 2.24) is 0 Å². The smallest absolute Gasteiger partial charge is 0.186 e. The van der Waals surface area contributed by atoms with Crippen LogP contribution in [-0.4, -0.2) is 47.5 Å². The Labute approximate surface area is 110 Å². The first kappa shape index (κ1) is 12.7. The largest absolute Gasteiger partial charge is 0.504 e. The average molecular weight is 268 g/mol. The lowest BCUT2D eigenvalue weighted by molar-refractivity contribution is -0.167. The van der Waals surface area contributed by atoms with Crippen LogP contribution in [0.1, 0.15) is 11.7 Å².